The SMILES string of the molecule is Cl.O=C1CCCc2ccccc2N1. The number of benzene rings is 1. The molecule has 1 heterocycles. The van der Waals surface area contributed by atoms with Gasteiger partial charge in [-0.2, -0.15) is 0 Å². The fraction of sp³-hybridized carbons (Fsp3) is 0.300. The number of carbonyl (C=O) groups excluding carboxylic acids is 1. The van der Waals surface area contributed by atoms with E-state index in [1.54, 1.807) is 0 Å². The van der Waals surface area contributed by atoms with Crippen molar-refractivity contribution in [1.82, 2.24) is 0 Å². The number of hydrogen-bond acceptors (Lipinski definition) is 1. The Morgan fingerprint density at radius 3 is 2.77 bits per heavy atom. The second-order valence-corrected chi connectivity index (χ2v) is 3.06. The Labute approximate surface area is 83.7 Å². The molecule has 2 nitrogen and oxygen atoms in total. The fourth-order valence-electron chi connectivity index (χ4n) is 1.51. The number of hydrogen-bond donors (Lipinski definition) is 1. The van der Waals surface area contributed by atoms with Gasteiger partial charge in [0.1, 0.15) is 0 Å². The van der Waals surface area contributed by atoms with Gasteiger partial charge in [0.05, 0.1) is 0 Å². The molecule has 0 atom stereocenters. The lowest BCUT2D eigenvalue weighted by Gasteiger charge is -2.04. The Hall–Kier alpha value is -1.02. The van der Waals surface area contributed by atoms with Gasteiger partial charge in [0.25, 0.3) is 0 Å². The van der Waals surface area contributed by atoms with Crippen LogP contribution in [-0.4, -0.2) is 5.91 Å². The molecule has 0 bridgehead atoms. The van der Waals surface area contributed by atoms with E-state index in [0.717, 1.165) is 18.5 Å². The Balaban J connectivity index is 0.000000845. The highest BCUT2D eigenvalue weighted by molar-refractivity contribution is 5.92. The summed E-state index contributed by atoms with van der Waals surface area (Å²) >= 11 is 0. The van der Waals surface area contributed by atoms with Crippen LogP contribution in [0.1, 0.15) is 18.4 Å². The maximum absolute atomic E-state index is 11.1. The van der Waals surface area contributed by atoms with Crippen LogP contribution in [0.2, 0.25) is 0 Å². The third-order valence-electron chi connectivity index (χ3n) is 2.14. The summed E-state index contributed by atoms with van der Waals surface area (Å²) in [5, 5.41) is 2.88. The number of halogens is 1. The van der Waals surface area contributed by atoms with Crippen LogP contribution in [-0.2, 0) is 11.2 Å². The van der Waals surface area contributed by atoms with Crippen LogP contribution >= 0.6 is 12.4 Å². The summed E-state index contributed by atoms with van der Waals surface area (Å²) in [7, 11) is 0. The lowest BCUT2D eigenvalue weighted by Crippen LogP contribution is -2.08. The predicted molar refractivity (Wildman–Crippen MR) is 55.3 cm³/mol. The normalized spacial score (nSPS) is 14.9. The molecule has 0 aliphatic carbocycles. The predicted octanol–water partition coefficient (Wildman–Crippen LogP) is 2.38. The molecule has 1 aliphatic rings. The summed E-state index contributed by atoms with van der Waals surface area (Å²) in [5.41, 5.74) is 2.24. The van der Waals surface area contributed by atoms with Gasteiger partial charge in [0.2, 0.25) is 5.91 Å². The van der Waals surface area contributed by atoms with Crippen molar-refractivity contribution in [3.05, 3.63) is 29.8 Å². The molecule has 0 radical (unpaired) electrons. The number of nitrogens with one attached hydrogen (secondary N) is 1. The van der Waals surface area contributed by atoms with E-state index in [9.17, 15) is 4.79 Å². The number of para-hydroxylation sites is 1. The topological polar surface area (TPSA) is 29.1 Å². The molecule has 1 aliphatic heterocycles. The first-order chi connectivity index (χ1) is 5.86. The van der Waals surface area contributed by atoms with Gasteiger partial charge >= 0.3 is 0 Å². The average molecular weight is 198 g/mol. The lowest BCUT2D eigenvalue weighted by atomic mass is 10.1. The van der Waals surface area contributed by atoms with E-state index >= 15 is 0 Å². The van der Waals surface area contributed by atoms with Crippen LogP contribution in [0.15, 0.2) is 24.3 Å². The van der Waals surface area contributed by atoms with E-state index in [1.165, 1.54) is 5.56 Å². The molecule has 0 spiro atoms. The van der Waals surface area contributed by atoms with Gasteiger partial charge in [-0.25, -0.2) is 0 Å². The third-order valence-corrected chi connectivity index (χ3v) is 2.14. The largest absolute Gasteiger partial charge is 0.326 e. The lowest BCUT2D eigenvalue weighted by molar-refractivity contribution is -0.116. The van der Waals surface area contributed by atoms with Gasteiger partial charge in [-0.15, -0.1) is 12.4 Å². The van der Waals surface area contributed by atoms with Crippen molar-refractivity contribution in [2.45, 2.75) is 19.3 Å². The molecule has 1 amide bonds. The van der Waals surface area contributed by atoms with Crippen molar-refractivity contribution in [1.29, 1.82) is 0 Å². The van der Waals surface area contributed by atoms with Crippen LogP contribution in [0.5, 0.6) is 0 Å². The number of rotatable bonds is 0. The Morgan fingerprint density at radius 2 is 1.92 bits per heavy atom. The quantitative estimate of drug-likeness (QED) is 0.680. The van der Waals surface area contributed by atoms with Gasteiger partial charge in [0.15, 0.2) is 0 Å². The van der Waals surface area contributed by atoms with Gasteiger partial charge in [-0.3, -0.25) is 4.79 Å². The summed E-state index contributed by atoms with van der Waals surface area (Å²) in [4.78, 5) is 11.1. The molecule has 1 N–H and O–H groups in total. The summed E-state index contributed by atoms with van der Waals surface area (Å²) in [6.45, 7) is 0. The summed E-state index contributed by atoms with van der Waals surface area (Å²) in [6.07, 6.45) is 2.62. The Bertz CT molecular complexity index is 312. The van der Waals surface area contributed by atoms with Gasteiger partial charge in [-0.1, -0.05) is 18.2 Å². The zero-order chi connectivity index (χ0) is 8.39. The molecule has 0 saturated heterocycles. The molecular formula is C10H12ClNO. The van der Waals surface area contributed by atoms with E-state index in [4.69, 9.17) is 0 Å². The molecule has 0 unspecified atom stereocenters. The Kier molecular flexibility index (Phi) is 3.32. The zero-order valence-electron chi connectivity index (χ0n) is 7.25. The second kappa shape index (κ2) is 4.28. The monoisotopic (exact) mass is 197 g/mol. The molecule has 2 rings (SSSR count). The highest BCUT2D eigenvalue weighted by Gasteiger charge is 2.10. The van der Waals surface area contributed by atoms with Crippen molar-refractivity contribution < 1.29 is 4.79 Å². The summed E-state index contributed by atoms with van der Waals surface area (Å²) in [6, 6.07) is 7.99. The molecule has 1 aromatic rings. The van der Waals surface area contributed by atoms with E-state index in [-0.39, 0.29) is 18.3 Å². The minimum absolute atomic E-state index is 0. The molecule has 0 saturated carbocycles. The van der Waals surface area contributed by atoms with Crippen molar-refractivity contribution in [3.8, 4) is 0 Å². The van der Waals surface area contributed by atoms with Gasteiger partial charge in [0, 0.05) is 12.1 Å². The first-order valence-corrected chi connectivity index (χ1v) is 4.24. The number of aryl methyl sites for hydroxylation is 1. The maximum Gasteiger partial charge on any atom is 0.224 e. The van der Waals surface area contributed by atoms with Crippen molar-refractivity contribution in [3.63, 3.8) is 0 Å². The average Bonchev–Trinajstić information content (AvgIpc) is 2.25. The first-order valence-electron chi connectivity index (χ1n) is 4.24. The summed E-state index contributed by atoms with van der Waals surface area (Å²) in [5.74, 6) is 0.139. The van der Waals surface area contributed by atoms with Crippen LogP contribution in [0.25, 0.3) is 0 Å². The van der Waals surface area contributed by atoms with Crippen molar-refractivity contribution in [2.24, 2.45) is 0 Å². The number of fused-ring (bicyclic) bond motifs is 1. The van der Waals surface area contributed by atoms with Crippen LogP contribution in [0.4, 0.5) is 5.69 Å². The van der Waals surface area contributed by atoms with Crippen LogP contribution in [0.3, 0.4) is 0 Å². The van der Waals surface area contributed by atoms with Crippen molar-refractivity contribution in [2.75, 3.05) is 5.32 Å². The van der Waals surface area contributed by atoms with Gasteiger partial charge < -0.3 is 5.32 Å². The molecular weight excluding hydrogens is 186 g/mol. The number of carbonyl (C=O) groups is 1. The minimum Gasteiger partial charge on any atom is -0.326 e. The first kappa shape index (κ1) is 10.1. The van der Waals surface area contributed by atoms with Crippen LogP contribution < -0.4 is 5.32 Å². The molecule has 1 aromatic carbocycles. The molecule has 0 fully saturated rings. The number of amides is 1. The second-order valence-electron chi connectivity index (χ2n) is 3.06. The number of anilines is 1. The van der Waals surface area contributed by atoms with E-state index < -0.39 is 0 Å². The highest BCUT2D eigenvalue weighted by Crippen LogP contribution is 2.20. The minimum atomic E-state index is 0. The molecule has 13 heavy (non-hydrogen) atoms. The molecule has 70 valence electrons. The fourth-order valence-corrected chi connectivity index (χ4v) is 1.51. The molecule has 0 aromatic heterocycles. The highest BCUT2D eigenvalue weighted by atomic mass is 35.5. The zero-order valence-corrected chi connectivity index (χ0v) is 8.06. The standard InChI is InChI=1S/C10H11NO.ClH/c12-10-7-3-5-8-4-1-2-6-9(8)11-10;/h1-2,4,6H,3,5,7H2,(H,11,12);1H. The van der Waals surface area contributed by atoms with E-state index in [1.807, 2.05) is 18.2 Å². The smallest absolute Gasteiger partial charge is 0.224 e. The van der Waals surface area contributed by atoms with Gasteiger partial charge in [-0.05, 0) is 24.5 Å². The third kappa shape index (κ3) is 2.22. The maximum atomic E-state index is 11.1. The summed E-state index contributed by atoms with van der Waals surface area (Å²) < 4.78 is 0. The molecule has 3 heteroatoms. The van der Waals surface area contributed by atoms with Crippen molar-refractivity contribution >= 4 is 24.0 Å². The Morgan fingerprint density at radius 1 is 1.15 bits per heavy atom. The van der Waals surface area contributed by atoms with E-state index in [2.05, 4.69) is 11.4 Å². The van der Waals surface area contributed by atoms with E-state index in [0.29, 0.717) is 6.42 Å². The van der Waals surface area contributed by atoms with Crippen LogP contribution in [0, 0.1) is 0 Å².